The van der Waals surface area contributed by atoms with Crippen molar-refractivity contribution >= 4 is 16.5 Å². The van der Waals surface area contributed by atoms with E-state index in [0.29, 0.717) is 31.8 Å². The van der Waals surface area contributed by atoms with Crippen LogP contribution in [0.25, 0.3) is 0 Å². The molecule has 8 nitrogen and oxygen atoms in total. The summed E-state index contributed by atoms with van der Waals surface area (Å²) in [5.41, 5.74) is 1.41. The number of ether oxygens (including phenoxy) is 2. The van der Waals surface area contributed by atoms with Gasteiger partial charge in [0.2, 0.25) is 10.0 Å². The van der Waals surface area contributed by atoms with Crippen molar-refractivity contribution in [3.8, 4) is 5.75 Å². The lowest BCUT2D eigenvalue weighted by molar-refractivity contribution is -0.133. The number of carbonyl (C=O) groups excluding carboxylic acids is 1. The van der Waals surface area contributed by atoms with Gasteiger partial charge in [0.05, 0.1) is 4.90 Å². The van der Waals surface area contributed by atoms with Crippen molar-refractivity contribution in [3.63, 3.8) is 0 Å². The molecule has 0 aliphatic heterocycles. The Bertz CT molecular complexity index is 1020. The Labute approximate surface area is 206 Å². The summed E-state index contributed by atoms with van der Waals surface area (Å²) in [7, 11) is -3.68. The molecule has 2 rings (SSSR count). The highest BCUT2D eigenvalue weighted by molar-refractivity contribution is 7.89. The Morgan fingerprint density at radius 3 is 2.51 bits per heavy atom. The van der Waals surface area contributed by atoms with Crippen LogP contribution in [0.4, 0.5) is 4.39 Å². The number of benzene rings is 2. The topological polar surface area (TPSA) is 128 Å². The minimum Gasteiger partial charge on any atom is -0.505 e. The molecule has 0 saturated carbocycles. The molecule has 0 radical (unpaired) electrons. The maximum absolute atomic E-state index is 13.5. The lowest BCUT2D eigenvalue weighted by atomic mass is 10.1. The zero-order valence-corrected chi connectivity index (χ0v) is 20.6. The minimum absolute atomic E-state index is 0.132. The van der Waals surface area contributed by atoms with Crippen molar-refractivity contribution in [2.45, 2.75) is 55.9 Å². The maximum Gasteiger partial charge on any atom is 0.293 e. The van der Waals surface area contributed by atoms with Crippen molar-refractivity contribution in [3.05, 3.63) is 59.4 Å². The third-order valence-corrected chi connectivity index (χ3v) is 6.43. The zero-order valence-electron chi connectivity index (χ0n) is 19.8. The molecule has 0 heterocycles. The molecule has 0 amide bonds. The summed E-state index contributed by atoms with van der Waals surface area (Å²) in [6.07, 6.45) is 6.09. The standard InChI is InChI=1S/C25H35FN2O6S/c26-23-17-21(11-12-24(23)30)25(34-19-29)18-28-13-4-2-1-3-5-14-33-15-7-9-20-8-6-10-22(16-20)35(27,31)32/h6,8,10-12,16-17,19,25,28,30H,1-5,7,9,13-15,18H2,(H2,27,31,32)/t25-/m0/s1. The Balaban J connectivity index is 1.47. The maximum atomic E-state index is 13.5. The van der Waals surface area contributed by atoms with Gasteiger partial charge >= 0.3 is 0 Å². The first-order valence-electron chi connectivity index (χ1n) is 11.8. The number of sulfonamides is 1. The second-order valence-electron chi connectivity index (χ2n) is 8.31. The number of aromatic hydroxyl groups is 1. The van der Waals surface area contributed by atoms with E-state index in [2.05, 4.69) is 5.32 Å². The van der Waals surface area contributed by atoms with Crippen LogP contribution in [-0.4, -0.2) is 46.3 Å². The Kier molecular flexibility index (Phi) is 12.7. The Hall–Kier alpha value is -2.53. The molecule has 0 aliphatic carbocycles. The highest BCUT2D eigenvalue weighted by atomic mass is 32.2. The Morgan fingerprint density at radius 2 is 1.77 bits per heavy atom. The summed E-state index contributed by atoms with van der Waals surface area (Å²) < 4.78 is 47.0. The predicted molar refractivity (Wildman–Crippen MR) is 131 cm³/mol. The van der Waals surface area contributed by atoms with Gasteiger partial charge in [-0.05, 0) is 67.6 Å². The highest BCUT2D eigenvalue weighted by Crippen LogP contribution is 2.22. The third-order valence-electron chi connectivity index (χ3n) is 5.52. The van der Waals surface area contributed by atoms with Gasteiger partial charge in [0.15, 0.2) is 11.6 Å². The summed E-state index contributed by atoms with van der Waals surface area (Å²) in [5, 5.41) is 17.7. The first kappa shape index (κ1) is 28.7. The van der Waals surface area contributed by atoms with Gasteiger partial charge in [-0.3, -0.25) is 4.79 Å². The monoisotopic (exact) mass is 510 g/mol. The molecule has 35 heavy (non-hydrogen) atoms. The van der Waals surface area contributed by atoms with E-state index in [1.807, 2.05) is 6.07 Å². The molecule has 0 fully saturated rings. The van der Waals surface area contributed by atoms with Crippen molar-refractivity contribution in [1.29, 1.82) is 0 Å². The van der Waals surface area contributed by atoms with E-state index in [0.717, 1.165) is 57.1 Å². The second kappa shape index (κ2) is 15.5. The van der Waals surface area contributed by atoms with E-state index in [9.17, 15) is 22.7 Å². The van der Waals surface area contributed by atoms with E-state index < -0.39 is 27.7 Å². The number of carbonyl (C=O) groups is 1. The normalized spacial score (nSPS) is 12.4. The number of nitrogens with two attached hydrogens (primary N) is 1. The summed E-state index contributed by atoms with van der Waals surface area (Å²) in [6.45, 7) is 2.78. The Morgan fingerprint density at radius 1 is 1.03 bits per heavy atom. The molecule has 0 bridgehead atoms. The summed E-state index contributed by atoms with van der Waals surface area (Å²) in [6, 6.07) is 10.6. The fourth-order valence-electron chi connectivity index (χ4n) is 3.61. The molecule has 0 aromatic heterocycles. The van der Waals surface area contributed by atoms with E-state index in [4.69, 9.17) is 14.6 Å². The van der Waals surface area contributed by atoms with Crippen LogP contribution in [0.1, 0.15) is 55.8 Å². The van der Waals surface area contributed by atoms with Crippen LogP contribution in [-0.2, 0) is 30.7 Å². The van der Waals surface area contributed by atoms with Gasteiger partial charge < -0.3 is 19.9 Å². The molecule has 2 aromatic carbocycles. The molecule has 4 N–H and O–H groups in total. The van der Waals surface area contributed by atoms with Crippen molar-refractivity contribution < 1.29 is 32.2 Å². The second-order valence-corrected chi connectivity index (χ2v) is 9.87. The number of aryl methyl sites for hydroxylation is 1. The average Bonchev–Trinajstić information content (AvgIpc) is 2.82. The summed E-state index contributed by atoms with van der Waals surface area (Å²) >= 11 is 0. The van der Waals surface area contributed by atoms with Crippen molar-refractivity contribution in [2.24, 2.45) is 5.14 Å². The molecular weight excluding hydrogens is 475 g/mol. The molecule has 0 spiro atoms. The molecule has 194 valence electrons. The van der Waals surface area contributed by atoms with Crippen molar-refractivity contribution in [1.82, 2.24) is 5.32 Å². The fraction of sp³-hybridized carbons (Fsp3) is 0.480. The number of phenolic OH excluding ortho intramolecular Hbond substituents is 1. The average molecular weight is 511 g/mol. The van der Waals surface area contributed by atoms with Gasteiger partial charge in [-0.1, -0.05) is 37.5 Å². The minimum atomic E-state index is -3.68. The number of nitrogens with one attached hydrogen (secondary N) is 1. The number of phenols is 1. The highest BCUT2D eigenvalue weighted by Gasteiger charge is 2.14. The van der Waals surface area contributed by atoms with Gasteiger partial charge in [0, 0.05) is 19.8 Å². The summed E-state index contributed by atoms with van der Waals surface area (Å²) in [5.74, 6) is -1.19. The number of primary sulfonamides is 1. The van der Waals surface area contributed by atoms with Crippen LogP contribution in [0.3, 0.4) is 0 Å². The van der Waals surface area contributed by atoms with E-state index in [1.165, 1.54) is 24.3 Å². The number of hydrogen-bond acceptors (Lipinski definition) is 7. The lowest BCUT2D eigenvalue weighted by Crippen LogP contribution is -2.24. The van der Waals surface area contributed by atoms with E-state index >= 15 is 0 Å². The molecular formula is C25H35FN2O6S. The third kappa shape index (κ3) is 11.2. The van der Waals surface area contributed by atoms with Crippen molar-refractivity contribution in [2.75, 3.05) is 26.3 Å². The lowest BCUT2D eigenvalue weighted by Gasteiger charge is -2.16. The largest absolute Gasteiger partial charge is 0.505 e. The van der Waals surface area contributed by atoms with Crippen LogP contribution in [0.15, 0.2) is 47.4 Å². The molecule has 0 unspecified atom stereocenters. The van der Waals surface area contributed by atoms with E-state index in [-0.39, 0.29) is 4.90 Å². The van der Waals surface area contributed by atoms with Crippen LogP contribution in [0.5, 0.6) is 5.75 Å². The van der Waals surface area contributed by atoms with Gasteiger partial charge in [-0.25, -0.2) is 17.9 Å². The number of unbranched alkanes of at least 4 members (excludes halogenated alkanes) is 4. The van der Waals surface area contributed by atoms with Gasteiger partial charge in [-0.15, -0.1) is 0 Å². The van der Waals surface area contributed by atoms with Crippen LogP contribution >= 0.6 is 0 Å². The van der Waals surface area contributed by atoms with Crippen LogP contribution in [0, 0.1) is 5.82 Å². The SMILES string of the molecule is NS(=O)(=O)c1cccc(CCCOCCCCCCCNC[C@H](OC=O)c2ccc(O)c(F)c2)c1. The first-order valence-corrected chi connectivity index (χ1v) is 13.3. The first-order chi connectivity index (χ1) is 16.8. The molecule has 2 aromatic rings. The molecule has 0 aliphatic rings. The molecule has 10 heteroatoms. The zero-order chi connectivity index (χ0) is 25.5. The summed E-state index contributed by atoms with van der Waals surface area (Å²) in [4.78, 5) is 10.9. The number of hydrogen-bond donors (Lipinski definition) is 3. The predicted octanol–water partition coefficient (Wildman–Crippen LogP) is 3.58. The van der Waals surface area contributed by atoms with Crippen LogP contribution in [0.2, 0.25) is 0 Å². The fourth-order valence-corrected chi connectivity index (χ4v) is 4.19. The quantitative estimate of drug-likeness (QED) is 0.207. The smallest absolute Gasteiger partial charge is 0.293 e. The van der Waals surface area contributed by atoms with Gasteiger partial charge in [0.25, 0.3) is 6.47 Å². The molecule has 1 atom stereocenters. The van der Waals surface area contributed by atoms with Gasteiger partial charge in [0.1, 0.15) is 6.10 Å². The molecule has 0 saturated heterocycles. The number of halogens is 1. The van der Waals surface area contributed by atoms with E-state index in [1.54, 1.807) is 12.1 Å². The number of rotatable bonds is 18. The van der Waals surface area contributed by atoms with Gasteiger partial charge in [-0.2, -0.15) is 0 Å². The van der Waals surface area contributed by atoms with Crippen LogP contribution < -0.4 is 10.5 Å².